The van der Waals surface area contributed by atoms with Gasteiger partial charge in [0.2, 0.25) is 0 Å². The molecule has 0 saturated heterocycles. The van der Waals surface area contributed by atoms with Crippen molar-refractivity contribution < 1.29 is 8.85 Å². The smallest absolute Gasteiger partial charge is 0.386 e. The zero-order valence-electron chi connectivity index (χ0n) is 9.22. The predicted octanol–water partition coefficient (Wildman–Crippen LogP) is 3.59. The van der Waals surface area contributed by atoms with Crippen molar-refractivity contribution in [3.05, 3.63) is 12.7 Å². The van der Waals surface area contributed by atoms with E-state index in [2.05, 4.69) is 6.58 Å². The molecule has 0 rings (SSSR count). The summed E-state index contributed by atoms with van der Waals surface area (Å²) in [5.74, 6) is 0. The molecule has 0 aromatic heterocycles. The first-order valence-corrected chi connectivity index (χ1v) is 8.12. The fourth-order valence-corrected chi connectivity index (χ4v) is 2.91. The number of halogens is 1. The molecule has 0 aliphatic carbocycles. The minimum atomic E-state index is -2.31. The van der Waals surface area contributed by atoms with Crippen LogP contribution in [0.2, 0.25) is 6.04 Å². The molecule has 0 unspecified atom stereocenters. The van der Waals surface area contributed by atoms with Crippen molar-refractivity contribution in [3.63, 3.8) is 0 Å². The van der Waals surface area contributed by atoms with E-state index in [1.165, 1.54) is 19.3 Å². The summed E-state index contributed by atoms with van der Waals surface area (Å²) in [6, 6.07) is 0.871. The van der Waals surface area contributed by atoms with Crippen LogP contribution in [0.15, 0.2) is 12.7 Å². The number of rotatable bonds is 9. The van der Waals surface area contributed by atoms with Gasteiger partial charge in [0, 0.05) is 20.3 Å². The Morgan fingerprint density at radius 3 is 2.21 bits per heavy atom. The van der Waals surface area contributed by atoms with Gasteiger partial charge in [-0.15, -0.1) is 6.58 Å². The summed E-state index contributed by atoms with van der Waals surface area (Å²) in [4.78, 5) is 0. The molecule has 84 valence electrons. The van der Waals surface area contributed by atoms with E-state index in [4.69, 9.17) is 19.9 Å². The van der Waals surface area contributed by atoms with Crippen LogP contribution in [-0.2, 0) is 8.85 Å². The van der Waals surface area contributed by atoms with Crippen molar-refractivity contribution >= 4 is 18.9 Å². The Balaban J connectivity index is 3.38. The van der Waals surface area contributed by atoms with E-state index in [1.54, 1.807) is 14.2 Å². The van der Waals surface area contributed by atoms with Crippen molar-refractivity contribution in [1.29, 1.82) is 0 Å². The van der Waals surface area contributed by atoms with Gasteiger partial charge < -0.3 is 8.85 Å². The molecule has 0 aliphatic rings. The van der Waals surface area contributed by atoms with Crippen molar-refractivity contribution in [2.45, 2.75) is 38.1 Å². The lowest BCUT2D eigenvalue weighted by atomic mass is 10.1. The van der Waals surface area contributed by atoms with E-state index in [9.17, 15) is 0 Å². The summed E-state index contributed by atoms with van der Waals surface area (Å²) in [7, 11) is 0.937. The summed E-state index contributed by atoms with van der Waals surface area (Å²) < 4.78 is 10.4. The van der Waals surface area contributed by atoms with Gasteiger partial charge in [0.1, 0.15) is 0 Å². The van der Waals surface area contributed by atoms with E-state index in [0.29, 0.717) is 0 Å². The third-order valence-electron chi connectivity index (χ3n) is 2.24. The van der Waals surface area contributed by atoms with Crippen molar-refractivity contribution in [2.24, 2.45) is 0 Å². The first kappa shape index (κ1) is 14.2. The Hall–Kier alpha value is 0.167. The first-order valence-electron chi connectivity index (χ1n) is 5.08. The second kappa shape index (κ2) is 8.47. The molecule has 2 nitrogen and oxygen atoms in total. The number of hydrogen-bond acceptors (Lipinski definition) is 2. The van der Waals surface area contributed by atoms with E-state index in [0.717, 1.165) is 18.9 Å². The highest BCUT2D eigenvalue weighted by Gasteiger charge is 2.32. The van der Waals surface area contributed by atoms with Gasteiger partial charge in [-0.3, -0.25) is 0 Å². The number of allylic oxidation sites excluding steroid dienone is 1. The zero-order valence-corrected chi connectivity index (χ0v) is 11.0. The van der Waals surface area contributed by atoms with E-state index < -0.39 is 7.87 Å². The molecule has 0 fully saturated rings. The lowest BCUT2D eigenvalue weighted by Crippen LogP contribution is -2.32. The molecule has 0 aromatic carbocycles. The molecule has 0 atom stereocenters. The monoisotopic (exact) mass is 236 g/mol. The predicted molar refractivity (Wildman–Crippen MR) is 63.7 cm³/mol. The Labute approximate surface area is 93.2 Å². The van der Waals surface area contributed by atoms with Crippen LogP contribution in [0.25, 0.3) is 0 Å². The highest BCUT2D eigenvalue weighted by molar-refractivity contribution is 7.12. The van der Waals surface area contributed by atoms with Gasteiger partial charge in [-0.1, -0.05) is 36.4 Å². The van der Waals surface area contributed by atoms with Crippen molar-refractivity contribution in [1.82, 2.24) is 0 Å². The summed E-state index contributed by atoms with van der Waals surface area (Å²) in [6.45, 7) is 3.69. The fraction of sp³-hybridized carbons (Fsp3) is 0.800. The third kappa shape index (κ3) is 6.60. The molecule has 0 heterocycles. The second-order valence-electron chi connectivity index (χ2n) is 3.31. The normalized spacial score (nSPS) is 11.6. The summed E-state index contributed by atoms with van der Waals surface area (Å²) >= 11 is 6.13. The summed E-state index contributed by atoms with van der Waals surface area (Å²) in [5.41, 5.74) is 0. The summed E-state index contributed by atoms with van der Waals surface area (Å²) in [5, 5.41) is 0. The average Bonchev–Trinajstić information content (AvgIpc) is 2.23. The lowest BCUT2D eigenvalue weighted by molar-refractivity contribution is 0.264. The quantitative estimate of drug-likeness (QED) is 0.264. The molecular formula is C10H21ClO2Si. The maximum Gasteiger partial charge on any atom is 0.442 e. The maximum atomic E-state index is 6.13. The van der Waals surface area contributed by atoms with E-state index in [1.807, 2.05) is 6.08 Å². The lowest BCUT2D eigenvalue weighted by Gasteiger charge is -2.19. The molecule has 0 saturated carbocycles. The van der Waals surface area contributed by atoms with Gasteiger partial charge in [0.05, 0.1) is 0 Å². The average molecular weight is 237 g/mol. The Morgan fingerprint density at radius 1 is 1.14 bits per heavy atom. The van der Waals surface area contributed by atoms with Crippen LogP contribution in [0, 0.1) is 0 Å². The van der Waals surface area contributed by atoms with Crippen LogP contribution in [0.1, 0.15) is 32.1 Å². The minimum absolute atomic E-state index is 0.871. The van der Waals surface area contributed by atoms with Crippen LogP contribution < -0.4 is 0 Å². The van der Waals surface area contributed by atoms with Crippen molar-refractivity contribution in [3.8, 4) is 0 Å². The van der Waals surface area contributed by atoms with Crippen LogP contribution in [0.5, 0.6) is 0 Å². The van der Waals surface area contributed by atoms with Crippen LogP contribution in [0.4, 0.5) is 0 Å². The molecule has 0 spiro atoms. The Morgan fingerprint density at radius 2 is 1.71 bits per heavy atom. The molecule has 0 radical (unpaired) electrons. The molecule has 0 aliphatic heterocycles. The SMILES string of the molecule is C=CCCCCCC[Si](Cl)(OC)OC. The van der Waals surface area contributed by atoms with Gasteiger partial charge >= 0.3 is 7.87 Å². The zero-order chi connectivity index (χ0) is 10.9. The Bertz CT molecular complexity index is 149. The van der Waals surface area contributed by atoms with E-state index in [-0.39, 0.29) is 0 Å². The number of unbranched alkanes of at least 4 members (excludes halogenated alkanes) is 4. The molecule has 14 heavy (non-hydrogen) atoms. The van der Waals surface area contributed by atoms with Gasteiger partial charge in [0.15, 0.2) is 0 Å². The third-order valence-corrected chi connectivity index (χ3v) is 5.91. The molecule has 0 aromatic rings. The van der Waals surface area contributed by atoms with Crippen LogP contribution in [0.3, 0.4) is 0 Å². The van der Waals surface area contributed by atoms with Crippen LogP contribution in [-0.4, -0.2) is 22.1 Å². The second-order valence-corrected chi connectivity index (χ2v) is 7.67. The fourth-order valence-electron chi connectivity index (χ4n) is 1.27. The van der Waals surface area contributed by atoms with Crippen LogP contribution >= 0.6 is 11.1 Å². The first-order chi connectivity index (χ1) is 6.68. The molecule has 0 bridgehead atoms. The van der Waals surface area contributed by atoms with E-state index >= 15 is 0 Å². The van der Waals surface area contributed by atoms with Gasteiger partial charge in [-0.2, -0.15) is 0 Å². The standard InChI is InChI=1S/C10H21ClO2Si/c1-4-5-6-7-8-9-10-14(11,12-2)13-3/h4H,1,5-10H2,2-3H3. The topological polar surface area (TPSA) is 18.5 Å². The largest absolute Gasteiger partial charge is 0.442 e. The maximum absolute atomic E-state index is 6.13. The molecule has 0 N–H and O–H groups in total. The molecule has 0 amide bonds. The highest BCUT2D eigenvalue weighted by atomic mass is 35.6. The Kier molecular flexibility index (Phi) is 8.57. The van der Waals surface area contributed by atoms with Crippen molar-refractivity contribution in [2.75, 3.05) is 14.2 Å². The summed E-state index contributed by atoms with van der Waals surface area (Å²) in [6.07, 6.45) is 7.82. The highest BCUT2D eigenvalue weighted by Crippen LogP contribution is 2.20. The molecular weight excluding hydrogens is 216 g/mol. The van der Waals surface area contributed by atoms with Gasteiger partial charge in [-0.25, -0.2) is 0 Å². The molecule has 4 heteroatoms. The van der Waals surface area contributed by atoms with Gasteiger partial charge in [0.25, 0.3) is 0 Å². The van der Waals surface area contributed by atoms with Gasteiger partial charge in [-0.05, 0) is 12.8 Å². The number of hydrogen-bond donors (Lipinski definition) is 0. The minimum Gasteiger partial charge on any atom is -0.386 e.